The lowest BCUT2D eigenvalue weighted by molar-refractivity contribution is -0.143. The molecule has 0 aliphatic heterocycles. The van der Waals surface area contributed by atoms with Gasteiger partial charge in [0, 0.05) is 18.0 Å². The maximum Gasteiger partial charge on any atom is 0.316 e. The minimum atomic E-state index is -0.503. The summed E-state index contributed by atoms with van der Waals surface area (Å²) in [5.41, 5.74) is 3.85. The molecule has 0 amide bonds. The van der Waals surface area contributed by atoms with Gasteiger partial charge < -0.3 is 10.1 Å². The molecule has 0 heterocycles. The third-order valence-electron chi connectivity index (χ3n) is 7.68. The van der Waals surface area contributed by atoms with Crippen molar-refractivity contribution in [3.8, 4) is 5.75 Å². The minimum Gasteiger partial charge on any atom is -0.426 e. The van der Waals surface area contributed by atoms with Crippen molar-refractivity contribution in [2.75, 3.05) is 0 Å². The van der Waals surface area contributed by atoms with Crippen molar-refractivity contribution in [2.24, 2.45) is 11.3 Å². The Morgan fingerprint density at radius 1 is 1.16 bits per heavy atom. The zero-order valence-corrected chi connectivity index (χ0v) is 19.7. The van der Waals surface area contributed by atoms with E-state index in [-0.39, 0.29) is 11.4 Å². The van der Waals surface area contributed by atoms with E-state index in [2.05, 4.69) is 61.6 Å². The normalized spacial score (nSPS) is 26.1. The van der Waals surface area contributed by atoms with Crippen molar-refractivity contribution in [3.05, 3.63) is 65.2 Å². The minimum absolute atomic E-state index is 0.174. The lowest BCUT2D eigenvalue weighted by Crippen LogP contribution is -2.55. The summed E-state index contributed by atoms with van der Waals surface area (Å²) >= 11 is 0. The van der Waals surface area contributed by atoms with Crippen LogP contribution in [0.25, 0.3) is 0 Å². The molecule has 2 aromatic carbocycles. The first-order valence-electron chi connectivity index (χ1n) is 11.9. The quantitative estimate of drug-likeness (QED) is 0.452. The number of carbonyl (C=O) groups excluding carboxylic acids is 1. The van der Waals surface area contributed by atoms with Crippen LogP contribution in [0.15, 0.2) is 48.5 Å². The van der Waals surface area contributed by atoms with Gasteiger partial charge in [-0.3, -0.25) is 4.79 Å². The SMILES string of the molecule is CC(NCc1ccccc1)C1CCCCC12c1cc(OC(=O)C(C)(C)C)ccc1C2C. The van der Waals surface area contributed by atoms with Gasteiger partial charge in [-0.25, -0.2) is 0 Å². The Labute approximate surface area is 187 Å². The molecule has 3 heteroatoms. The zero-order valence-electron chi connectivity index (χ0n) is 19.7. The Bertz CT molecular complexity index is 930. The van der Waals surface area contributed by atoms with Crippen LogP contribution in [0.1, 0.15) is 82.9 Å². The Morgan fingerprint density at radius 3 is 2.61 bits per heavy atom. The van der Waals surface area contributed by atoms with E-state index in [0.717, 1.165) is 6.54 Å². The van der Waals surface area contributed by atoms with Crippen LogP contribution in [0.3, 0.4) is 0 Å². The molecular weight excluding hydrogens is 382 g/mol. The van der Waals surface area contributed by atoms with Gasteiger partial charge in [0.25, 0.3) is 0 Å². The number of hydrogen-bond acceptors (Lipinski definition) is 3. The molecule has 4 rings (SSSR count). The van der Waals surface area contributed by atoms with E-state index in [1.54, 1.807) is 0 Å². The van der Waals surface area contributed by atoms with E-state index in [0.29, 0.717) is 23.6 Å². The number of esters is 1. The summed E-state index contributed by atoms with van der Waals surface area (Å²) in [6, 6.07) is 17.4. The van der Waals surface area contributed by atoms with E-state index in [9.17, 15) is 4.79 Å². The maximum absolute atomic E-state index is 12.4. The van der Waals surface area contributed by atoms with Crippen molar-refractivity contribution in [1.29, 1.82) is 0 Å². The molecule has 1 fully saturated rings. The van der Waals surface area contributed by atoms with Crippen molar-refractivity contribution in [1.82, 2.24) is 5.32 Å². The van der Waals surface area contributed by atoms with E-state index in [1.165, 1.54) is 42.4 Å². The average molecular weight is 420 g/mol. The lowest BCUT2D eigenvalue weighted by Gasteiger charge is -2.58. The largest absolute Gasteiger partial charge is 0.426 e. The summed E-state index contributed by atoms with van der Waals surface area (Å²) in [5, 5.41) is 3.82. The van der Waals surface area contributed by atoms with Crippen LogP contribution in [-0.2, 0) is 16.8 Å². The molecule has 0 radical (unpaired) electrons. The van der Waals surface area contributed by atoms with Crippen LogP contribution in [0.4, 0.5) is 0 Å². The topological polar surface area (TPSA) is 38.3 Å². The summed E-state index contributed by atoms with van der Waals surface area (Å²) in [7, 11) is 0. The first-order valence-corrected chi connectivity index (χ1v) is 11.9. The summed E-state index contributed by atoms with van der Waals surface area (Å²) in [4.78, 5) is 12.4. The van der Waals surface area contributed by atoms with Gasteiger partial charge in [0.2, 0.25) is 0 Å². The molecule has 2 aliphatic rings. The fourth-order valence-corrected chi connectivity index (χ4v) is 5.88. The van der Waals surface area contributed by atoms with Gasteiger partial charge in [-0.2, -0.15) is 0 Å². The summed E-state index contributed by atoms with van der Waals surface area (Å²) in [6.07, 6.45) is 5.04. The standard InChI is InChI=1S/C28H37NO2/c1-19-23-15-14-22(31-26(30)27(3,4)5)17-25(23)28(19)16-10-9-13-24(28)20(2)29-18-21-11-7-6-8-12-21/h6-8,11-12,14-15,17,19-20,24,29H,9-10,13,16,18H2,1-5H3. The number of ether oxygens (including phenoxy) is 1. The fourth-order valence-electron chi connectivity index (χ4n) is 5.88. The number of nitrogens with one attached hydrogen (secondary N) is 1. The molecule has 4 atom stereocenters. The third kappa shape index (κ3) is 4.05. The molecule has 0 aromatic heterocycles. The summed E-state index contributed by atoms with van der Waals surface area (Å²) in [5.74, 6) is 1.65. The Morgan fingerprint density at radius 2 is 1.90 bits per heavy atom. The molecule has 31 heavy (non-hydrogen) atoms. The maximum atomic E-state index is 12.4. The molecule has 166 valence electrons. The van der Waals surface area contributed by atoms with Crippen LogP contribution in [0.5, 0.6) is 5.75 Å². The summed E-state index contributed by atoms with van der Waals surface area (Å²) < 4.78 is 5.76. The van der Waals surface area contributed by atoms with Gasteiger partial charge in [-0.1, -0.05) is 56.2 Å². The van der Waals surface area contributed by atoms with Gasteiger partial charge in [0.15, 0.2) is 0 Å². The van der Waals surface area contributed by atoms with Crippen molar-refractivity contribution >= 4 is 5.97 Å². The highest BCUT2D eigenvalue weighted by atomic mass is 16.5. The Kier molecular flexibility index (Phi) is 6.00. The van der Waals surface area contributed by atoms with Crippen molar-refractivity contribution in [2.45, 2.75) is 84.2 Å². The monoisotopic (exact) mass is 419 g/mol. The van der Waals surface area contributed by atoms with Gasteiger partial charge >= 0.3 is 5.97 Å². The van der Waals surface area contributed by atoms with Crippen molar-refractivity contribution in [3.63, 3.8) is 0 Å². The second kappa shape index (κ2) is 8.43. The number of hydrogen-bond donors (Lipinski definition) is 1. The first-order chi connectivity index (χ1) is 14.7. The number of fused-ring (bicyclic) bond motifs is 2. The molecule has 1 N–H and O–H groups in total. The van der Waals surface area contributed by atoms with Gasteiger partial charge in [0.05, 0.1) is 5.41 Å². The third-order valence-corrected chi connectivity index (χ3v) is 7.68. The Balaban J connectivity index is 1.57. The highest BCUT2D eigenvalue weighted by Crippen LogP contribution is 2.62. The second-order valence-electron chi connectivity index (χ2n) is 10.7. The molecule has 4 unspecified atom stereocenters. The molecule has 1 saturated carbocycles. The highest BCUT2D eigenvalue weighted by Gasteiger charge is 2.55. The van der Waals surface area contributed by atoms with Crippen LogP contribution >= 0.6 is 0 Å². The molecule has 0 bridgehead atoms. The van der Waals surface area contributed by atoms with E-state index < -0.39 is 5.41 Å². The second-order valence-corrected chi connectivity index (χ2v) is 10.7. The molecule has 0 saturated heterocycles. The number of carbonyl (C=O) groups is 1. The zero-order chi connectivity index (χ0) is 22.2. The predicted octanol–water partition coefficient (Wildman–Crippen LogP) is 6.36. The van der Waals surface area contributed by atoms with Crippen LogP contribution < -0.4 is 10.1 Å². The first kappa shape index (κ1) is 22.1. The fraction of sp³-hybridized carbons (Fsp3) is 0.536. The average Bonchev–Trinajstić information content (AvgIpc) is 2.77. The lowest BCUT2D eigenvalue weighted by atomic mass is 9.46. The van der Waals surface area contributed by atoms with E-state index in [1.807, 2.05) is 26.8 Å². The number of rotatable bonds is 5. The van der Waals surface area contributed by atoms with Crippen LogP contribution in [0, 0.1) is 11.3 Å². The smallest absolute Gasteiger partial charge is 0.316 e. The van der Waals surface area contributed by atoms with E-state index in [4.69, 9.17) is 4.74 Å². The summed E-state index contributed by atoms with van der Waals surface area (Å²) in [6.45, 7) is 11.4. The van der Waals surface area contributed by atoms with Crippen LogP contribution in [-0.4, -0.2) is 12.0 Å². The molecule has 3 nitrogen and oxygen atoms in total. The van der Waals surface area contributed by atoms with Gasteiger partial charge in [-0.05, 0) is 81.2 Å². The Hall–Kier alpha value is -2.13. The predicted molar refractivity (Wildman–Crippen MR) is 126 cm³/mol. The van der Waals surface area contributed by atoms with Gasteiger partial charge in [-0.15, -0.1) is 0 Å². The highest BCUT2D eigenvalue weighted by molar-refractivity contribution is 5.78. The molecular formula is C28H37NO2. The van der Waals surface area contributed by atoms with Crippen LogP contribution in [0.2, 0.25) is 0 Å². The van der Waals surface area contributed by atoms with Crippen molar-refractivity contribution < 1.29 is 9.53 Å². The number of benzene rings is 2. The van der Waals surface area contributed by atoms with E-state index >= 15 is 0 Å². The molecule has 2 aromatic rings. The molecule has 2 aliphatic carbocycles. The molecule has 1 spiro atoms. The van der Waals surface area contributed by atoms with Gasteiger partial charge in [0.1, 0.15) is 5.75 Å².